The number of benzene rings is 1. The number of H-pyrrole nitrogens is 1. The molecule has 1 aromatic carbocycles. The zero-order valence-corrected chi connectivity index (χ0v) is 14.5. The van der Waals surface area contributed by atoms with Crippen molar-refractivity contribution in [3.8, 4) is 11.5 Å². The largest absolute Gasteiger partial charge is 0.490 e. The highest BCUT2D eigenvalue weighted by atomic mass is 32.1. The molecule has 0 amide bonds. The lowest BCUT2D eigenvalue weighted by Crippen LogP contribution is -2.01. The van der Waals surface area contributed by atoms with Gasteiger partial charge in [-0.2, -0.15) is 14.9 Å². The third kappa shape index (κ3) is 4.66. The van der Waals surface area contributed by atoms with Gasteiger partial charge in [0.05, 0.1) is 19.4 Å². The second-order valence-electron chi connectivity index (χ2n) is 4.97. The van der Waals surface area contributed by atoms with E-state index < -0.39 is 0 Å². The number of hydrogen-bond donors (Lipinski definition) is 1. The Morgan fingerprint density at radius 3 is 2.78 bits per heavy atom. The molecule has 0 aliphatic carbocycles. The summed E-state index contributed by atoms with van der Waals surface area (Å²) in [5.41, 5.74) is 0.902. The van der Waals surface area contributed by atoms with Crippen molar-refractivity contribution >= 4 is 18.4 Å². The number of aryl methyl sites for hydroxylation is 1. The molecule has 0 saturated heterocycles. The number of ether oxygens (including phenoxy) is 2. The van der Waals surface area contributed by atoms with E-state index in [-0.39, 0.29) is 0 Å². The average molecular weight is 334 g/mol. The minimum absolute atomic E-state index is 0.461. The van der Waals surface area contributed by atoms with Gasteiger partial charge in [0.15, 0.2) is 11.5 Å². The van der Waals surface area contributed by atoms with E-state index in [1.165, 1.54) is 0 Å². The third-order valence-electron chi connectivity index (χ3n) is 3.16. The highest BCUT2D eigenvalue weighted by Crippen LogP contribution is 2.28. The van der Waals surface area contributed by atoms with Gasteiger partial charge in [-0.05, 0) is 56.2 Å². The van der Waals surface area contributed by atoms with Crippen LogP contribution in [0, 0.1) is 11.7 Å². The maximum absolute atomic E-state index is 5.77. The van der Waals surface area contributed by atoms with Crippen LogP contribution >= 0.6 is 12.2 Å². The molecule has 2 aromatic rings. The molecule has 0 radical (unpaired) electrons. The summed E-state index contributed by atoms with van der Waals surface area (Å²) in [5.74, 6) is 2.18. The van der Waals surface area contributed by atoms with Crippen molar-refractivity contribution < 1.29 is 9.47 Å². The number of nitrogens with one attached hydrogen (secondary N) is 1. The van der Waals surface area contributed by atoms with Gasteiger partial charge in [0, 0.05) is 0 Å². The first-order valence-electron chi connectivity index (χ1n) is 7.73. The predicted octanol–water partition coefficient (Wildman–Crippen LogP) is 3.71. The van der Waals surface area contributed by atoms with Gasteiger partial charge in [0.2, 0.25) is 4.77 Å². The highest BCUT2D eigenvalue weighted by Gasteiger charge is 2.06. The van der Waals surface area contributed by atoms with Crippen LogP contribution in [0.5, 0.6) is 11.5 Å². The fourth-order valence-electron chi connectivity index (χ4n) is 1.95. The molecule has 0 aliphatic rings. The first-order valence-corrected chi connectivity index (χ1v) is 8.14. The summed E-state index contributed by atoms with van der Waals surface area (Å²) in [5, 5.41) is 11.1. The molecular weight excluding hydrogens is 312 g/mol. The lowest BCUT2D eigenvalue weighted by atomic mass is 10.2. The highest BCUT2D eigenvalue weighted by molar-refractivity contribution is 7.71. The minimum atomic E-state index is 0.461. The quantitative estimate of drug-likeness (QED) is 0.454. The van der Waals surface area contributed by atoms with Crippen LogP contribution in [0.15, 0.2) is 23.3 Å². The lowest BCUT2D eigenvalue weighted by Gasteiger charge is -2.12. The molecule has 124 valence electrons. The van der Waals surface area contributed by atoms with Gasteiger partial charge in [-0.1, -0.05) is 13.3 Å². The number of nitrogens with zero attached hydrogens (tertiary/aromatic N) is 3. The van der Waals surface area contributed by atoms with Gasteiger partial charge in [-0.15, -0.1) is 0 Å². The van der Waals surface area contributed by atoms with Gasteiger partial charge in [0.25, 0.3) is 0 Å². The molecule has 0 aliphatic heterocycles. The Labute approximate surface area is 141 Å². The molecule has 0 saturated carbocycles. The first-order chi connectivity index (χ1) is 11.2. The molecule has 6 nitrogen and oxygen atoms in total. The normalized spacial score (nSPS) is 11.1. The number of hydrogen-bond acceptors (Lipinski definition) is 5. The number of rotatable bonds is 8. The van der Waals surface area contributed by atoms with Crippen LogP contribution in [0.3, 0.4) is 0 Å². The van der Waals surface area contributed by atoms with Crippen LogP contribution in [0.2, 0.25) is 0 Å². The zero-order chi connectivity index (χ0) is 16.7. The van der Waals surface area contributed by atoms with Gasteiger partial charge in [-0.25, -0.2) is 0 Å². The monoisotopic (exact) mass is 334 g/mol. The van der Waals surface area contributed by atoms with Crippen LogP contribution in [0.25, 0.3) is 0 Å². The molecule has 23 heavy (non-hydrogen) atoms. The Hall–Kier alpha value is -2.15. The fourth-order valence-corrected chi connectivity index (χ4v) is 2.17. The molecule has 1 N–H and O–H groups in total. The van der Waals surface area contributed by atoms with Crippen LogP contribution in [0.4, 0.5) is 0 Å². The molecule has 0 atom stereocenters. The number of unbranched alkanes of at least 4 members (excludes halogenated alkanes) is 1. The zero-order valence-electron chi connectivity index (χ0n) is 13.7. The summed E-state index contributed by atoms with van der Waals surface area (Å²) in [7, 11) is 0. The molecule has 1 aromatic heterocycles. The van der Waals surface area contributed by atoms with E-state index in [1.54, 1.807) is 10.9 Å². The van der Waals surface area contributed by atoms with E-state index in [1.807, 2.05) is 32.0 Å². The summed E-state index contributed by atoms with van der Waals surface area (Å²) < 4.78 is 13.5. The van der Waals surface area contributed by atoms with Crippen LogP contribution in [-0.4, -0.2) is 34.3 Å². The standard InChI is InChI=1S/C16H22N4O2S/c1-4-6-9-22-14-8-7-13(10-15(14)21-5-2)11-17-20-12(3)18-19-16(20)23/h7-8,10-11H,4-6,9H2,1-3H3,(H,19,23)/b17-11+. The van der Waals surface area contributed by atoms with Crippen molar-refractivity contribution in [2.75, 3.05) is 13.2 Å². The maximum atomic E-state index is 5.77. The Morgan fingerprint density at radius 2 is 2.13 bits per heavy atom. The van der Waals surface area contributed by atoms with Gasteiger partial charge < -0.3 is 9.47 Å². The van der Waals surface area contributed by atoms with Crippen molar-refractivity contribution in [3.05, 3.63) is 34.4 Å². The summed E-state index contributed by atoms with van der Waals surface area (Å²) in [6.07, 6.45) is 3.84. The first kappa shape index (κ1) is 17.2. The Bertz CT molecular complexity index is 721. The summed E-state index contributed by atoms with van der Waals surface area (Å²) in [6.45, 7) is 7.18. The van der Waals surface area contributed by atoms with Gasteiger partial charge in [0.1, 0.15) is 5.82 Å². The Morgan fingerprint density at radius 1 is 1.30 bits per heavy atom. The van der Waals surface area contributed by atoms with Gasteiger partial charge >= 0.3 is 0 Å². The topological polar surface area (TPSA) is 64.4 Å². The molecule has 2 rings (SSSR count). The molecule has 0 bridgehead atoms. The average Bonchev–Trinajstić information content (AvgIpc) is 2.86. The van der Waals surface area contributed by atoms with Gasteiger partial charge in [-0.3, -0.25) is 5.10 Å². The summed E-state index contributed by atoms with van der Waals surface area (Å²) in [6, 6.07) is 5.75. The van der Waals surface area contributed by atoms with Crippen LogP contribution in [-0.2, 0) is 0 Å². The van der Waals surface area contributed by atoms with E-state index in [9.17, 15) is 0 Å². The number of aromatic amines is 1. The summed E-state index contributed by atoms with van der Waals surface area (Å²) >= 11 is 5.12. The minimum Gasteiger partial charge on any atom is -0.490 e. The molecule has 0 fully saturated rings. The molecular formula is C16H22N4O2S. The molecule has 7 heteroatoms. The maximum Gasteiger partial charge on any atom is 0.216 e. The van der Waals surface area contributed by atoms with Crippen molar-refractivity contribution in [1.82, 2.24) is 14.9 Å². The van der Waals surface area contributed by atoms with E-state index in [4.69, 9.17) is 21.7 Å². The van der Waals surface area contributed by atoms with Crippen molar-refractivity contribution in [2.24, 2.45) is 5.10 Å². The second-order valence-corrected chi connectivity index (χ2v) is 5.36. The van der Waals surface area contributed by atoms with E-state index in [0.29, 0.717) is 23.8 Å². The summed E-state index contributed by atoms with van der Waals surface area (Å²) in [4.78, 5) is 0. The van der Waals surface area contributed by atoms with Crippen LogP contribution < -0.4 is 9.47 Å². The molecule has 0 unspecified atom stereocenters. The molecule has 1 heterocycles. The smallest absolute Gasteiger partial charge is 0.216 e. The Balaban J connectivity index is 2.19. The Kier molecular flexibility index (Phi) is 6.34. The third-order valence-corrected chi connectivity index (χ3v) is 3.42. The number of aromatic nitrogens is 3. The second kappa shape index (κ2) is 8.47. The van der Waals surface area contributed by atoms with Crippen molar-refractivity contribution in [3.63, 3.8) is 0 Å². The van der Waals surface area contributed by atoms with E-state index in [2.05, 4.69) is 22.2 Å². The lowest BCUT2D eigenvalue weighted by molar-refractivity contribution is 0.272. The van der Waals surface area contributed by atoms with E-state index >= 15 is 0 Å². The predicted molar refractivity (Wildman–Crippen MR) is 93.2 cm³/mol. The fraction of sp³-hybridized carbons (Fsp3) is 0.438. The van der Waals surface area contributed by atoms with E-state index in [0.717, 1.165) is 29.9 Å². The molecule has 0 spiro atoms. The van der Waals surface area contributed by atoms with Crippen molar-refractivity contribution in [2.45, 2.75) is 33.6 Å². The van der Waals surface area contributed by atoms with Crippen LogP contribution in [0.1, 0.15) is 38.1 Å². The van der Waals surface area contributed by atoms with Crippen molar-refractivity contribution in [1.29, 1.82) is 0 Å². The SMILES string of the molecule is CCCCOc1ccc(/C=N/n2c(C)n[nH]c2=S)cc1OCC.